The summed E-state index contributed by atoms with van der Waals surface area (Å²) in [4.78, 5) is 16.7. The number of hydrogen-bond acceptors (Lipinski definition) is 3. The zero-order valence-electron chi connectivity index (χ0n) is 28.8. The Morgan fingerprint density at radius 3 is 2.17 bits per heavy atom. The van der Waals surface area contributed by atoms with Crippen molar-refractivity contribution in [2.75, 3.05) is 0 Å². The number of rotatable bonds is 3. The van der Waals surface area contributed by atoms with E-state index in [1.54, 1.807) is 0 Å². The Balaban J connectivity index is 0.000000295. The maximum absolute atomic E-state index is 11.5. The number of hydrogen-bond donors (Lipinski definition) is 1. The van der Waals surface area contributed by atoms with Crippen LogP contribution < -0.4 is 0 Å². The zero-order valence-corrected chi connectivity index (χ0v) is 31.2. The van der Waals surface area contributed by atoms with Crippen molar-refractivity contribution in [2.24, 2.45) is 10.8 Å². The molecule has 1 aliphatic carbocycles. The number of carbonyl (C=O) groups excluding carboxylic acids is 1. The van der Waals surface area contributed by atoms with E-state index in [2.05, 4.69) is 113 Å². The van der Waals surface area contributed by atoms with Gasteiger partial charge in [0.05, 0.1) is 5.52 Å². The first-order valence-electron chi connectivity index (χ1n) is 15.9. The summed E-state index contributed by atoms with van der Waals surface area (Å²) in [6, 6.07) is 32.0. The van der Waals surface area contributed by atoms with Crippen LogP contribution in [0.1, 0.15) is 91.8 Å². The standard InChI is InChI=1S/C31H26N.C11H20O2.Ir/c1-19(2)20-16-17-22-21(18-20)10-9-13-23(22)30-28-24-11-5-7-14-26(24)31(3,4)29(28)25-12-6-8-15-27(25)32-30;1-10(2,3)8(12)7-9(13)11(4,5)6;/h5-12,14-19H,1-4H3;7,12H,1-6H3;/q-1;;/b;8-7-;. The van der Waals surface area contributed by atoms with Crippen molar-refractivity contribution in [3.05, 3.63) is 113 Å². The summed E-state index contributed by atoms with van der Waals surface area (Å²) < 4.78 is 0. The van der Waals surface area contributed by atoms with Crippen LogP contribution in [0.3, 0.4) is 0 Å². The minimum Gasteiger partial charge on any atom is -0.512 e. The van der Waals surface area contributed by atoms with E-state index in [-0.39, 0.29) is 42.5 Å². The number of allylic oxidation sites excluding steroid dienone is 2. The van der Waals surface area contributed by atoms with Crippen molar-refractivity contribution >= 4 is 27.5 Å². The first-order chi connectivity index (χ1) is 21.0. The summed E-state index contributed by atoms with van der Waals surface area (Å²) in [6.07, 6.45) is 1.33. The Kier molecular flexibility index (Phi) is 9.89. The Labute approximate surface area is 288 Å². The maximum atomic E-state index is 11.5. The van der Waals surface area contributed by atoms with Crippen LogP contribution in [0.15, 0.2) is 90.7 Å². The maximum Gasteiger partial charge on any atom is 0.164 e. The summed E-state index contributed by atoms with van der Waals surface area (Å²) >= 11 is 0. The second-order valence-electron chi connectivity index (χ2n) is 15.1. The van der Waals surface area contributed by atoms with Crippen LogP contribution in [0.25, 0.3) is 44.1 Å². The molecule has 241 valence electrons. The summed E-state index contributed by atoms with van der Waals surface area (Å²) in [5.74, 6) is 0.607. The van der Waals surface area contributed by atoms with E-state index >= 15 is 0 Å². The second kappa shape index (κ2) is 12.9. The molecule has 4 heteroatoms. The van der Waals surface area contributed by atoms with Gasteiger partial charge in [0.2, 0.25) is 0 Å². The van der Waals surface area contributed by atoms with Crippen LogP contribution in [0, 0.1) is 16.9 Å². The molecule has 4 aromatic carbocycles. The number of nitrogens with zero attached hydrogens (tertiary/aromatic N) is 1. The van der Waals surface area contributed by atoms with Crippen molar-refractivity contribution in [3.8, 4) is 22.4 Å². The van der Waals surface area contributed by atoms with Gasteiger partial charge in [0.25, 0.3) is 0 Å². The third kappa shape index (κ3) is 6.61. The van der Waals surface area contributed by atoms with E-state index in [9.17, 15) is 9.90 Å². The average Bonchev–Trinajstić information content (AvgIpc) is 3.23. The fourth-order valence-corrected chi connectivity index (χ4v) is 6.04. The van der Waals surface area contributed by atoms with Gasteiger partial charge in [0.1, 0.15) is 5.76 Å². The number of pyridine rings is 1. The van der Waals surface area contributed by atoms with Gasteiger partial charge in [0.15, 0.2) is 5.78 Å². The summed E-state index contributed by atoms with van der Waals surface area (Å²) in [7, 11) is 0. The number of fused-ring (bicyclic) bond motifs is 6. The van der Waals surface area contributed by atoms with Crippen molar-refractivity contribution in [1.82, 2.24) is 4.98 Å². The molecule has 0 aliphatic heterocycles. The fourth-order valence-electron chi connectivity index (χ4n) is 6.04. The van der Waals surface area contributed by atoms with E-state index in [1.807, 2.05) is 41.5 Å². The minimum atomic E-state index is -0.417. The van der Waals surface area contributed by atoms with Gasteiger partial charge in [0, 0.05) is 47.8 Å². The number of aliphatic hydroxyl groups excluding tert-OH is 1. The monoisotopic (exact) mass is 789 g/mol. The quantitative estimate of drug-likeness (QED) is 0.113. The van der Waals surface area contributed by atoms with Gasteiger partial charge in [-0.2, -0.15) is 0 Å². The van der Waals surface area contributed by atoms with E-state index < -0.39 is 5.41 Å². The van der Waals surface area contributed by atoms with Crippen LogP contribution in [-0.2, 0) is 30.3 Å². The predicted octanol–water partition coefficient (Wildman–Crippen LogP) is 11.4. The first kappa shape index (κ1) is 35.3. The molecule has 5 aromatic rings. The van der Waals surface area contributed by atoms with E-state index in [1.165, 1.54) is 50.1 Å². The van der Waals surface area contributed by atoms with Crippen LogP contribution in [0.2, 0.25) is 0 Å². The van der Waals surface area contributed by atoms with Gasteiger partial charge in [-0.1, -0.05) is 135 Å². The van der Waals surface area contributed by atoms with E-state index in [0.717, 1.165) is 16.8 Å². The van der Waals surface area contributed by atoms with Crippen LogP contribution in [0.5, 0.6) is 0 Å². The first-order valence-corrected chi connectivity index (χ1v) is 15.9. The predicted molar refractivity (Wildman–Crippen MR) is 190 cm³/mol. The number of para-hydroxylation sites is 1. The normalized spacial score (nSPS) is 13.9. The molecular weight excluding hydrogens is 743 g/mol. The molecule has 0 spiro atoms. The summed E-state index contributed by atoms with van der Waals surface area (Å²) in [5.41, 5.74) is 9.00. The topological polar surface area (TPSA) is 50.2 Å². The van der Waals surface area contributed by atoms with E-state index in [0.29, 0.717) is 5.92 Å². The molecule has 0 saturated heterocycles. The van der Waals surface area contributed by atoms with Gasteiger partial charge < -0.3 is 5.11 Å². The number of ketones is 1. The molecule has 0 saturated carbocycles. The molecule has 0 unspecified atom stereocenters. The Morgan fingerprint density at radius 1 is 0.870 bits per heavy atom. The smallest absolute Gasteiger partial charge is 0.164 e. The van der Waals surface area contributed by atoms with Gasteiger partial charge in [-0.05, 0) is 45.5 Å². The number of aromatic nitrogens is 1. The number of carbonyl (C=O) groups is 1. The van der Waals surface area contributed by atoms with Gasteiger partial charge in [-0.25, -0.2) is 0 Å². The zero-order chi connectivity index (χ0) is 32.9. The molecule has 0 bridgehead atoms. The molecule has 46 heavy (non-hydrogen) atoms. The molecule has 6 rings (SSSR count). The summed E-state index contributed by atoms with van der Waals surface area (Å²) in [5, 5.41) is 13.3. The summed E-state index contributed by atoms with van der Waals surface area (Å²) in [6.45, 7) is 20.3. The SMILES string of the molecule is CC(C)(C)C(=O)/C=C(\O)C(C)(C)C.CC(C)c1ccc2c(-c3nc4ccccc4c4c3-c3ccccc3C4(C)C)[c-]ccc2c1.[Ir]. The molecule has 1 aliphatic rings. The van der Waals surface area contributed by atoms with Gasteiger partial charge >= 0.3 is 0 Å². The molecular formula is C42H46IrNO2-. The van der Waals surface area contributed by atoms with Crippen LogP contribution in [0.4, 0.5) is 0 Å². The second-order valence-corrected chi connectivity index (χ2v) is 15.1. The fraction of sp³-hybridized carbons (Fsp3) is 0.333. The molecule has 0 amide bonds. The van der Waals surface area contributed by atoms with Crippen molar-refractivity contribution < 1.29 is 30.0 Å². The molecule has 1 radical (unpaired) electrons. The van der Waals surface area contributed by atoms with Crippen molar-refractivity contribution in [1.29, 1.82) is 0 Å². The van der Waals surface area contributed by atoms with Gasteiger partial charge in [-0.3, -0.25) is 9.78 Å². The Hall–Kier alpha value is -3.59. The molecule has 1 N–H and O–H groups in total. The molecule has 0 fully saturated rings. The van der Waals surface area contributed by atoms with Crippen LogP contribution >= 0.6 is 0 Å². The third-order valence-corrected chi connectivity index (χ3v) is 8.90. The van der Waals surface area contributed by atoms with Crippen molar-refractivity contribution in [2.45, 2.75) is 80.6 Å². The van der Waals surface area contributed by atoms with Crippen molar-refractivity contribution in [3.63, 3.8) is 0 Å². The van der Waals surface area contributed by atoms with Gasteiger partial charge in [-0.15, -0.1) is 29.1 Å². The number of benzene rings is 4. The van der Waals surface area contributed by atoms with E-state index in [4.69, 9.17) is 4.98 Å². The average molecular weight is 789 g/mol. The molecule has 0 atom stereocenters. The minimum absolute atomic E-state index is 0. The molecule has 1 heterocycles. The van der Waals surface area contributed by atoms with Crippen LogP contribution in [-0.4, -0.2) is 15.9 Å². The largest absolute Gasteiger partial charge is 0.512 e. The Bertz CT molecular complexity index is 1950. The molecule has 3 nitrogen and oxygen atoms in total. The number of aliphatic hydroxyl groups is 1. The molecule has 1 aromatic heterocycles. The third-order valence-electron chi connectivity index (χ3n) is 8.90. The Morgan fingerprint density at radius 2 is 1.52 bits per heavy atom.